The zero-order valence-corrected chi connectivity index (χ0v) is 20.6. The number of benzene rings is 3. The predicted molar refractivity (Wildman–Crippen MR) is 134 cm³/mol. The lowest BCUT2D eigenvalue weighted by Gasteiger charge is -2.16. The summed E-state index contributed by atoms with van der Waals surface area (Å²) in [5.74, 6) is -0.278. The van der Waals surface area contributed by atoms with Crippen molar-refractivity contribution < 1.29 is 23.1 Å². The minimum absolute atomic E-state index is 0.264. The number of unbranched alkanes of at least 4 members (excludes halogenated alkanes) is 2. The van der Waals surface area contributed by atoms with Crippen LogP contribution in [0.15, 0.2) is 65.6 Å². The summed E-state index contributed by atoms with van der Waals surface area (Å²) < 4.78 is 34.5. The van der Waals surface area contributed by atoms with E-state index in [1.807, 2.05) is 30.3 Å². The zero-order chi connectivity index (χ0) is 24.7. The van der Waals surface area contributed by atoms with E-state index in [0.29, 0.717) is 34.5 Å². The number of anilines is 1. The topological polar surface area (TPSA) is 92.7 Å². The highest BCUT2D eigenvalue weighted by Crippen LogP contribution is 2.29. The fourth-order valence-electron chi connectivity index (χ4n) is 4.24. The number of sulfonamides is 1. The average Bonchev–Trinajstić information content (AvgIpc) is 2.79. The van der Waals surface area contributed by atoms with Gasteiger partial charge in [-0.1, -0.05) is 42.8 Å². The fourth-order valence-corrected chi connectivity index (χ4v) is 5.80. The molecule has 0 unspecified atom stereocenters. The molecule has 0 aliphatic heterocycles. The molecular weight excluding hydrogens is 450 g/mol. The molecule has 0 saturated heterocycles. The van der Waals surface area contributed by atoms with Gasteiger partial charge >= 0.3 is 5.97 Å². The van der Waals surface area contributed by atoms with Gasteiger partial charge in [-0.2, -0.15) is 0 Å². The van der Waals surface area contributed by atoms with Crippen molar-refractivity contribution in [2.75, 3.05) is 11.8 Å². The van der Waals surface area contributed by atoms with Crippen molar-refractivity contribution in [3.63, 3.8) is 0 Å². The van der Waals surface area contributed by atoms with Gasteiger partial charge in [0.1, 0.15) is 5.75 Å². The number of carbonyl (C=O) groups is 1. The van der Waals surface area contributed by atoms with E-state index in [2.05, 4.69) is 4.72 Å². The Hall–Kier alpha value is -3.32. The van der Waals surface area contributed by atoms with Gasteiger partial charge in [0.15, 0.2) is 0 Å². The summed E-state index contributed by atoms with van der Waals surface area (Å²) in [6.07, 6.45) is 4.06. The summed E-state index contributed by atoms with van der Waals surface area (Å²) >= 11 is 0. The van der Waals surface area contributed by atoms with Gasteiger partial charge in [-0.3, -0.25) is 4.72 Å². The van der Waals surface area contributed by atoms with Crippen molar-refractivity contribution >= 4 is 21.7 Å². The lowest BCUT2D eigenvalue weighted by molar-refractivity contribution is 0.0695. The van der Waals surface area contributed by atoms with Crippen LogP contribution in [0.25, 0.3) is 0 Å². The number of hydrogen-bond donors (Lipinski definition) is 2. The van der Waals surface area contributed by atoms with Crippen LogP contribution in [0.2, 0.25) is 0 Å². The van der Waals surface area contributed by atoms with Crippen molar-refractivity contribution in [1.82, 2.24) is 0 Å². The number of aryl methyl sites for hydroxylation is 4. The van der Waals surface area contributed by atoms with Crippen molar-refractivity contribution in [2.45, 2.75) is 50.8 Å². The first-order valence-corrected chi connectivity index (χ1v) is 12.8. The third-order valence-electron chi connectivity index (χ3n) is 5.84. The van der Waals surface area contributed by atoms with Crippen LogP contribution < -0.4 is 9.46 Å². The Kier molecular flexibility index (Phi) is 8.34. The van der Waals surface area contributed by atoms with E-state index in [1.165, 1.54) is 0 Å². The quantitative estimate of drug-likeness (QED) is 0.339. The van der Waals surface area contributed by atoms with Gasteiger partial charge in [0.25, 0.3) is 10.0 Å². The zero-order valence-electron chi connectivity index (χ0n) is 19.8. The molecule has 3 aromatic carbocycles. The van der Waals surface area contributed by atoms with Crippen LogP contribution in [-0.4, -0.2) is 26.6 Å². The Bertz CT molecular complexity index is 1240. The Morgan fingerprint density at radius 2 is 1.44 bits per heavy atom. The van der Waals surface area contributed by atoms with E-state index in [1.54, 1.807) is 51.3 Å². The van der Waals surface area contributed by atoms with Crippen molar-refractivity contribution in [1.29, 1.82) is 0 Å². The molecule has 0 saturated carbocycles. The number of carboxylic acids is 1. The second-order valence-electron chi connectivity index (χ2n) is 8.38. The molecule has 0 radical (unpaired) electrons. The molecule has 2 N–H and O–H groups in total. The van der Waals surface area contributed by atoms with E-state index in [4.69, 9.17) is 4.74 Å². The number of ether oxygens (including phenoxy) is 1. The number of rotatable bonds is 11. The molecule has 6 nitrogen and oxygen atoms in total. The largest absolute Gasteiger partial charge is 0.497 e. The highest BCUT2D eigenvalue weighted by atomic mass is 32.2. The molecule has 0 bridgehead atoms. The molecule has 0 aliphatic carbocycles. The van der Waals surface area contributed by atoms with E-state index >= 15 is 0 Å². The Morgan fingerprint density at radius 1 is 0.882 bits per heavy atom. The molecule has 0 amide bonds. The first kappa shape index (κ1) is 25.3. The van der Waals surface area contributed by atoms with Crippen LogP contribution in [-0.2, 0) is 22.9 Å². The Morgan fingerprint density at radius 3 is 2.06 bits per heavy atom. The lowest BCUT2D eigenvalue weighted by atomic mass is 9.99. The second-order valence-corrected chi connectivity index (χ2v) is 10.00. The van der Waals surface area contributed by atoms with Gasteiger partial charge in [-0.05, 0) is 86.1 Å². The molecule has 180 valence electrons. The third-order valence-corrected chi connectivity index (χ3v) is 7.51. The van der Waals surface area contributed by atoms with Crippen molar-refractivity contribution in [3.05, 3.63) is 88.5 Å². The van der Waals surface area contributed by atoms with Gasteiger partial charge < -0.3 is 9.84 Å². The highest BCUT2D eigenvalue weighted by molar-refractivity contribution is 7.92. The minimum atomic E-state index is -3.77. The van der Waals surface area contributed by atoms with Crippen LogP contribution in [0.5, 0.6) is 5.75 Å². The summed E-state index contributed by atoms with van der Waals surface area (Å²) in [6, 6.07) is 18.0. The smallest absolute Gasteiger partial charge is 0.335 e. The van der Waals surface area contributed by atoms with Gasteiger partial charge in [0, 0.05) is 0 Å². The summed E-state index contributed by atoms with van der Waals surface area (Å²) in [6.45, 7) is 3.52. The highest BCUT2D eigenvalue weighted by Gasteiger charge is 2.21. The molecule has 3 aromatic rings. The maximum Gasteiger partial charge on any atom is 0.335 e. The van der Waals surface area contributed by atoms with Gasteiger partial charge in [0.05, 0.1) is 23.3 Å². The lowest BCUT2D eigenvalue weighted by Crippen LogP contribution is -2.17. The molecular formula is C27H31NO5S. The Labute approximate surface area is 201 Å². The predicted octanol–water partition coefficient (Wildman–Crippen LogP) is 5.77. The van der Waals surface area contributed by atoms with Gasteiger partial charge in [-0.15, -0.1) is 0 Å². The maximum absolute atomic E-state index is 13.2. The molecule has 0 heterocycles. The SMILES string of the molecule is COc1cc(C)c(S(=O)(=O)Nc2ccccc2CCCCCc2ccccc2C(=O)O)c(C)c1. The molecule has 34 heavy (non-hydrogen) atoms. The van der Waals surface area contributed by atoms with E-state index in [0.717, 1.165) is 36.8 Å². The standard InChI is InChI=1S/C27H31NO5S/c1-19-17-23(33-3)18-20(2)26(19)34(31,32)28-25-16-10-8-14-22(25)13-6-4-5-11-21-12-7-9-15-24(21)27(29)30/h7-10,12,14-18,28H,4-6,11,13H2,1-3H3,(H,29,30). The van der Waals surface area contributed by atoms with Crippen LogP contribution in [0.1, 0.15) is 51.9 Å². The van der Waals surface area contributed by atoms with Crippen LogP contribution in [0, 0.1) is 13.8 Å². The van der Waals surface area contributed by atoms with Crippen LogP contribution in [0.4, 0.5) is 5.69 Å². The monoisotopic (exact) mass is 481 g/mol. The van der Waals surface area contributed by atoms with E-state index in [-0.39, 0.29) is 4.90 Å². The molecule has 0 aromatic heterocycles. The minimum Gasteiger partial charge on any atom is -0.497 e. The normalized spacial score (nSPS) is 11.3. The number of methoxy groups -OCH3 is 1. The molecule has 0 atom stereocenters. The molecule has 0 spiro atoms. The molecule has 0 aliphatic rings. The average molecular weight is 482 g/mol. The van der Waals surface area contributed by atoms with Crippen LogP contribution >= 0.6 is 0 Å². The molecule has 0 fully saturated rings. The van der Waals surface area contributed by atoms with Crippen molar-refractivity contribution in [3.8, 4) is 5.75 Å². The second kappa shape index (κ2) is 11.2. The summed E-state index contributed by atoms with van der Waals surface area (Å²) in [4.78, 5) is 11.6. The fraction of sp³-hybridized carbons (Fsp3) is 0.296. The van der Waals surface area contributed by atoms with E-state index < -0.39 is 16.0 Å². The molecule has 3 rings (SSSR count). The molecule has 7 heteroatoms. The summed E-state index contributed by atoms with van der Waals surface area (Å²) in [5, 5.41) is 9.32. The number of carboxylic acid groups (broad SMARTS) is 1. The summed E-state index contributed by atoms with van der Waals surface area (Å²) in [7, 11) is -2.21. The summed E-state index contributed by atoms with van der Waals surface area (Å²) in [5.41, 5.74) is 3.96. The Balaban J connectivity index is 1.65. The number of para-hydroxylation sites is 1. The number of hydrogen-bond acceptors (Lipinski definition) is 4. The first-order chi connectivity index (χ1) is 16.2. The van der Waals surface area contributed by atoms with Gasteiger partial charge in [-0.25, -0.2) is 13.2 Å². The third kappa shape index (κ3) is 6.17. The van der Waals surface area contributed by atoms with Crippen molar-refractivity contribution in [2.24, 2.45) is 0 Å². The number of aromatic carboxylic acids is 1. The van der Waals surface area contributed by atoms with Crippen LogP contribution in [0.3, 0.4) is 0 Å². The first-order valence-electron chi connectivity index (χ1n) is 11.3. The van der Waals surface area contributed by atoms with Gasteiger partial charge in [0.2, 0.25) is 0 Å². The maximum atomic E-state index is 13.2. The van der Waals surface area contributed by atoms with E-state index in [9.17, 15) is 18.3 Å². The number of nitrogens with one attached hydrogen (secondary N) is 1.